The molecule has 0 saturated heterocycles. The molecule has 0 amide bonds. The van der Waals surface area contributed by atoms with Crippen LogP contribution in [0.1, 0.15) is 17.2 Å². The summed E-state index contributed by atoms with van der Waals surface area (Å²) in [4.78, 5) is 0. The Hall–Kier alpha value is -7.62. The van der Waals surface area contributed by atoms with Crippen molar-refractivity contribution in [3.05, 3.63) is 16.3 Å². The van der Waals surface area contributed by atoms with Gasteiger partial charge in [0, 0.05) is 200 Å². The van der Waals surface area contributed by atoms with Gasteiger partial charge < -0.3 is 5.21 Å². The number of rotatable bonds is 0. The normalized spacial score (nSPS) is 22.1. The summed E-state index contributed by atoms with van der Waals surface area (Å²) in [6.45, 7) is 0. The summed E-state index contributed by atoms with van der Waals surface area (Å²) in [5.41, 5.74) is 5.18. The lowest BCUT2D eigenvalue weighted by atomic mass is 9.85. The maximum atomic E-state index is 18.0. The van der Waals surface area contributed by atoms with Gasteiger partial charge in [-0.15, -0.1) is 0 Å². The molecular weight excluding hydrogens is 739 g/mol. The van der Waals surface area contributed by atoms with Crippen molar-refractivity contribution in [2.45, 2.75) is 6.04 Å². The van der Waals surface area contributed by atoms with Gasteiger partial charge in [-0.05, 0) is 80.8 Å². The van der Waals surface area contributed by atoms with E-state index in [1.54, 1.807) is 194 Å². The summed E-state index contributed by atoms with van der Waals surface area (Å²) in [7, 11) is 0. The van der Waals surface area contributed by atoms with Crippen LogP contribution in [0, 0.1) is 5.21 Å². The highest BCUT2D eigenvalue weighted by Crippen LogP contribution is 2.83. The molecule has 32 rings (SSSR count). The molecule has 0 spiro atoms. The van der Waals surface area contributed by atoms with Gasteiger partial charge in [-0.25, -0.2) is 0 Å². The lowest BCUT2D eigenvalue weighted by Crippen LogP contribution is -2.43. The Morgan fingerprint density at radius 3 is 0.459 bits per heavy atom. The zero-order valence-corrected chi connectivity index (χ0v) is 30.4. The zero-order chi connectivity index (χ0) is 35.6. The van der Waals surface area contributed by atoms with Gasteiger partial charge in [0.25, 0.3) is 0 Å². The third-order valence-electron chi connectivity index (χ3n) is 22.8. The van der Waals surface area contributed by atoms with E-state index >= 15 is 5.21 Å². The van der Waals surface area contributed by atoms with Crippen molar-refractivity contribution in [3.8, 4) is 0 Å². The van der Waals surface area contributed by atoms with Crippen LogP contribution in [-0.2, 0) is 0 Å². The first-order chi connectivity index (χ1) is 30.4. The summed E-state index contributed by atoms with van der Waals surface area (Å²) in [6.07, 6.45) is 0. The van der Waals surface area contributed by atoms with Crippen LogP contribution in [0.4, 0.5) is 11.4 Å². The van der Waals surface area contributed by atoms with Crippen LogP contribution in [-0.4, -0.2) is 0 Å². The molecule has 61 heavy (non-hydrogen) atoms. The van der Waals surface area contributed by atoms with E-state index in [0.29, 0.717) is 0 Å². The minimum atomic E-state index is -0.287. The molecular formula is C59HNO. The fourth-order valence-corrected chi connectivity index (χ4v) is 22.9. The lowest BCUT2D eigenvalue weighted by molar-refractivity contribution is 0.452. The molecule has 0 atom stereocenters. The number of hydrogen-bond acceptors (Lipinski definition) is 1. The number of hydrogen-bond donors (Lipinski definition) is 0. The van der Waals surface area contributed by atoms with Crippen molar-refractivity contribution in [2.75, 3.05) is 0 Å². The van der Waals surface area contributed by atoms with Crippen molar-refractivity contribution < 1.29 is 0 Å². The van der Waals surface area contributed by atoms with Crippen LogP contribution in [0.15, 0.2) is 0 Å². The molecule has 3 aliphatic heterocycles. The Bertz CT molecular complexity index is 6620. The largest absolute Gasteiger partial charge is 0.621 e. The molecule has 0 saturated carbocycles. The molecule has 0 fully saturated rings. The topological polar surface area (TPSA) is 23.1 Å². The van der Waals surface area contributed by atoms with Gasteiger partial charge in [0.15, 0.2) is 17.4 Å². The second kappa shape index (κ2) is 4.50. The van der Waals surface area contributed by atoms with Crippen molar-refractivity contribution in [3.63, 3.8) is 0 Å². The van der Waals surface area contributed by atoms with Gasteiger partial charge in [0.05, 0.1) is 21.5 Å². The van der Waals surface area contributed by atoms with Gasteiger partial charge >= 0.3 is 0 Å². The molecule has 0 bridgehead atoms. The van der Waals surface area contributed by atoms with Crippen LogP contribution < -0.4 is 4.65 Å². The van der Waals surface area contributed by atoms with Gasteiger partial charge in [0.2, 0.25) is 0 Å². The first kappa shape index (κ1) is 21.1. The van der Waals surface area contributed by atoms with Crippen LogP contribution in [0.5, 0.6) is 0 Å². The average Bonchev–Trinajstić information content (AvgIpc) is 4.10. The second-order valence-corrected chi connectivity index (χ2v) is 22.8. The van der Waals surface area contributed by atoms with Crippen molar-refractivity contribution in [1.82, 2.24) is 4.65 Å². The molecule has 0 aromatic heterocycles. The van der Waals surface area contributed by atoms with E-state index in [2.05, 4.69) is 0 Å². The van der Waals surface area contributed by atoms with E-state index in [1.807, 2.05) is 0 Å². The highest BCUT2D eigenvalue weighted by Gasteiger charge is 2.61. The maximum absolute atomic E-state index is 18.0. The first-order valence-electron chi connectivity index (χ1n) is 22.7. The third-order valence-corrected chi connectivity index (χ3v) is 22.8. The Morgan fingerprint density at radius 2 is 0.279 bits per heavy atom. The summed E-state index contributed by atoms with van der Waals surface area (Å²) in [6, 6.07) is -0.245. The smallest absolute Gasteiger partial charge is 0.156 e. The highest BCUT2D eigenvalue weighted by atomic mass is 16.6. The van der Waals surface area contributed by atoms with Crippen molar-refractivity contribution in [2.24, 2.45) is 0 Å². The minimum absolute atomic E-state index is 0.245. The van der Waals surface area contributed by atoms with Gasteiger partial charge in [-0.2, -0.15) is 0 Å². The van der Waals surface area contributed by atoms with E-state index < -0.39 is 0 Å². The summed E-state index contributed by atoms with van der Waals surface area (Å²) in [5.74, 6) is 0. The van der Waals surface area contributed by atoms with Crippen molar-refractivity contribution in [1.29, 1.82) is 0 Å². The van der Waals surface area contributed by atoms with Crippen molar-refractivity contribution >= 4 is 302 Å². The predicted octanol–water partition coefficient (Wildman–Crippen LogP) is 16.9. The van der Waals surface area contributed by atoms with Crippen LogP contribution >= 0.6 is 0 Å². The molecule has 1 aliphatic carbocycles. The quantitative estimate of drug-likeness (QED) is 0.0863. The monoisotopic (exact) mass is 739 g/mol. The minimum Gasteiger partial charge on any atom is -0.621 e. The fourth-order valence-electron chi connectivity index (χ4n) is 22.9. The molecule has 2 heteroatoms. The Kier molecular flexibility index (Phi) is 1.55. The molecule has 0 unspecified atom stereocenters. The van der Waals surface area contributed by atoms with Gasteiger partial charge in [-0.1, -0.05) is 0 Å². The van der Waals surface area contributed by atoms with E-state index in [4.69, 9.17) is 0 Å². The first-order valence-corrected chi connectivity index (χ1v) is 22.7. The second-order valence-electron chi connectivity index (χ2n) is 22.8. The summed E-state index contributed by atoms with van der Waals surface area (Å²) < 4.78 is -0.287. The molecule has 248 valence electrons. The van der Waals surface area contributed by atoms with E-state index in [9.17, 15) is 0 Å². The van der Waals surface area contributed by atoms with E-state index in [1.165, 1.54) is 108 Å². The molecule has 0 N–H and O–H groups in total. The molecule has 28 aromatic rings. The van der Waals surface area contributed by atoms with Crippen LogP contribution in [0.3, 0.4) is 0 Å². The SMILES string of the molecule is [O-][N+]12c3c4c5c6c7c8c(c9c%10c1c1c3c3c%11c4c4c5c5c7c7c%12c8c8c9c9c%10c%10c1c1c3c3c%11c%11c4c4c5c7c5c7c%12c8c8c9c9c%10c1c1c3c3c%11c4c5c4c7c8c9c1c34)C62. The predicted molar refractivity (Wildman–Crippen MR) is 259 cm³/mol. The van der Waals surface area contributed by atoms with Crippen LogP contribution in [0.2, 0.25) is 0 Å². The van der Waals surface area contributed by atoms with Crippen LogP contribution in [0.25, 0.3) is 291 Å². The maximum Gasteiger partial charge on any atom is 0.156 e. The number of quaternary nitrogens is 1. The highest BCUT2D eigenvalue weighted by molar-refractivity contribution is 6.82. The number of hydroxylamine groups is 1. The van der Waals surface area contributed by atoms with E-state index in [0.717, 1.165) is 11.4 Å². The fraction of sp³-hybridized carbons (Fsp3) is 0.0169. The summed E-state index contributed by atoms with van der Waals surface area (Å²) >= 11 is 0. The molecule has 2 nitrogen and oxygen atoms in total. The average molecular weight is 740 g/mol. The Balaban J connectivity index is 1.33. The number of benzene rings is 18. The van der Waals surface area contributed by atoms with Gasteiger partial charge in [-0.3, -0.25) is 4.65 Å². The molecule has 3 heterocycles. The zero-order valence-electron chi connectivity index (χ0n) is 30.4. The van der Waals surface area contributed by atoms with E-state index in [-0.39, 0.29) is 10.7 Å². The Morgan fingerprint density at radius 1 is 0.164 bits per heavy atom. The molecule has 0 radical (unpaired) electrons. The lowest BCUT2D eigenvalue weighted by Gasteiger charge is -2.49. The standard InChI is InChI=1S/C59HNO/c61-60-57-53-47-33-25-17-5-2-1-3-6(5)18-20-16-10(3)12-8-4(1)7-11-9(2)15-19(17)31(33)39-37-23(15)21(11)29-27-13(7)14(8)28-30-22(12)24(16)38-40-32(20)34(26(18)25)48(47)54(57)50(40)52-44(38)42(30)46-36(28)35(27)45-41(29)43(37)51(49(39)53)58(60)55(45)56(46)59(52)60/h57H. The molecule has 4 aliphatic rings. The number of nitrogens with zero attached hydrogens (tertiary/aromatic N) is 1. The Labute approximate surface area is 327 Å². The third kappa shape index (κ3) is 1.04. The summed E-state index contributed by atoms with van der Waals surface area (Å²) in [5, 5.41) is 102. The van der Waals surface area contributed by atoms with Gasteiger partial charge in [0.1, 0.15) is 0 Å². The molecule has 28 aromatic carbocycles.